The molecule has 0 radical (unpaired) electrons. The van der Waals surface area contributed by atoms with Crippen molar-refractivity contribution in [3.8, 4) is 0 Å². The molecule has 1 saturated heterocycles. The van der Waals surface area contributed by atoms with Crippen molar-refractivity contribution in [2.45, 2.75) is 6.54 Å². The minimum absolute atomic E-state index is 0.414. The van der Waals surface area contributed by atoms with Crippen molar-refractivity contribution in [3.63, 3.8) is 0 Å². The van der Waals surface area contributed by atoms with Gasteiger partial charge in [0.25, 0.3) is 0 Å². The van der Waals surface area contributed by atoms with Crippen LogP contribution in [0.3, 0.4) is 0 Å². The number of benzene rings is 1. The van der Waals surface area contributed by atoms with E-state index in [1.54, 1.807) is 17.4 Å². The Morgan fingerprint density at radius 2 is 2.05 bits per heavy atom. The van der Waals surface area contributed by atoms with Crippen molar-refractivity contribution in [2.75, 3.05) is 33.2 Å². The van der Waals surface area contributed by atoms with E-state index in [9.17, 15) is 9.90 Å². The number of carboxylic acids is 1. The van der Waals surface area contributed by atoms with E-state index in [-0.39, 0.29) is 0 Å². The van der Waals surface area contributed by atoms with E-state index in [4.69, 9.17) is 0 Å². The first-order valence-electron chi connectivity index (χ1n) is 6.78. The smallest absolute Gasteiger partial charge is 0.337 e. The Labute approximate surface area is 122 Å². The quantitative estimate of drug-likeness (QED) is 0.942. The van der Waals surface area contributed by atoms with Gasteiger partial charge in [-0.25, -0.2) is 4.79 Å². The van der Waals surface area contributed by atoms with E-state index >= 15 is 0 Å². The number of hydrogen-bond donors (Lipinski definition) is 1. The molecule has 1 fully saturated rings. The molecule has 1 aliphatic rings. The van der Waals surface area contributed by atoms with E-state index < -0.39 is 5.97 Å². The minimum atomic E-state index is -0.844. The lowest BCUT2D eigenvalue weighted by Gasteiger charge is -2.32. The summed E-state index contributed by atoms with van der Waals surface area (Å²) in [5, 5.41) is 12.4. The summed E-state index contributed by atoms with van der Waals surface area (Å²) in [6, 6.07) is 5.55. The van der Waals surface area contributed by atoms with Crippen LogP contribution in [-0.4, -0.2) is 54.1 Å². The number of nitrogens with zero attached hydrogens (tertiary/aromatic N) is 2. The molecule has 1 aliphatic heterocycles. The van der Waals surface area contributed by atoms with E-state index in [0.717, 1.165) is 42.8 Å². The molecule has 2 heterocycles. The Kier molecular flexibility index (Phi) is 3.74. The number of piperazine rings is 1. The highest BCUT2D eigenvalue weighted by atomic mass is 32.1. The van der Waals surface area contributed by atoms with Crippen LogP contribution < -0.4 is 0 Å². The summed E-state index contributed by atoms with van der Waals surface area (Å²) >= 11 is 1.54. The van der Waals surface area contributed by atoms with Gasteiger partial charge in [0.15, 0.2) is 0 Å². The zero-order valence-corrected chi connectivity index (χ0v) is 12.3. The van der Waals surface area contributed by atoms with Gasteiger partial charge in [-0.1, -0.05) is 12.1 Å². The molecule has 1 N–H and O–H groups in total. The summed E-state index contributed by atoms with van der Waals surface area (Å²) in [5.74, 6) is -0.844. The predicted molar refractivity (Wildman–Crippen MR) is 81.6 cm³/mol. The lowest BCUT2D eigenvalue weighted by atomic mass is 10.1. The van der Waals surface area contributed by atoms with Crippen molar-refractivity contribution in [2.24, 2.45) is 0 Å². The predicted octanol–water partition coefficient (Wildman–Crippen LogP) is 2.35. The lowest BCUT2D eigenvalue weighted by molar-refractivity contribution is 0.0699. The van der Waals surface area contributed by atoms with Gasteiger partial charge in [0.1, 0.15) is 0 Å². The van der Waals surface area contributed by atoms with Crippen LogP contribution in [0.25, 0.3) is 10.1 Å². The Hall–Kier alpha value is -1.43. The number of thiophene rings is 1. The molecular weight excluding hydrogens is 272 g/mol. The number of fused-ring (bicyclic) bond motifs is 1. The van der Waals surface area contributed by atoms with Gasteiger partial charge in [0, 0.05) is 37.4 Å². The standard InChI is InChI=1S/C15H18N2O2S/c1-16-5-7-17(8-6-16)9-11-10-20-14-12(11)3-2-4-13(14)15(18)19/h2-4,10H,5-9H2,1H3,(H,18,19). The van der Waals surface area contributed by atoms with Crippen LogP contribution in [-0.2, 0) is 6.54 Å². The molecule has 1 aromatic carbocycles. The second kappa shape index (κ2) is 5.52. The van der Waals surface area contributed by atoms with E-state index in [1.807, 2.05) is 12.1 Å². The van der Waals surface area contributed by atoms with Crippen molar-refractivity contribution in [1.82, 2.24) is 9.80 Å². The molecule has 5 heteroatoms. The molecule has 0 bridgehead atoms. The average molecular weight is 290 g/mol. The van der Waals surface area contributed by atoms with Gasteiger partial charge in [0.05, 0.1) is 5.56 Å². The normalized spacial score (nSPS) is 17.6. The molecule has 0 saturated carbocycles. The maximum atomic E-state index is 11.2. The summed E-state index contributed by atoms with van der Waals surface area (Å²) in [6.45, 7) is 5.26. The Bertz CT molecular complexity index is 630. The molecule has 20 heavy (non-hydrogen) atoms. The van der Waals surface area contributed by atoms with Gasteiger partial charge in [-0.2, -0.15) is 0 Å². The highest BCUT2D eigenvalue weighted by Gasteiger charge is 2.17. The summed E-state index contributed by atoms with van der Waals surface area (Å²) in [6.07, 6.45) is 0. The van der Waals surface area contributed by atoms with Gasteiger partial charge < -0.3 is 10.0 Å². The molecule has 2 aromatic rings. The van der Waals surface area contributed by atoms with Crippen molar-refractivity contribution >= 4 is 27.4 Å². The second-order valence-electron chi connectivity index (χ2n) is 5.33. The SMILES string of the molecule is CN1CCN(Cc2csc3c(C(=O)O)cccc23)CC1. The minimum Gasteiger partial charge on any atom is -0.478 e. The number of rotatable bonds is 3. The second-order valence-corrected chi connectivity index (χ2v) is 6.21. The zero-order chi connectivity index (χ0) is 14.1. The van der Waals surface area contributed by atoms with Crippen molar-refractivity contribution < 1.29 is 9.90 Å². The van der Waals surface area contributed by atoms with Gasteiger partial charge in [-0.15, -0.1) is 11.3 Å². The van der Waals surface area contributed by atoms with Crippen LogP contribution in [0.15, 0.2) is 23.6 Å². The Balaban J connectivity index is 1.86. The van der Waals surface area contributed by atoms with Gasteiger partial charge in [-0.05, 0) is 29.4 Å². The first-order valence-corrected chi connectivity index (χ1v) is 7.66. The summed E-state index contributed by atoms with van der Waals surface area (Å²) in [4.78, 5) is 16.0. The lowest BCUT2D eigenvalue weighted by Crippen LogP contribution is -2.43. The van der Waals surface area contributed by atoms with E-state index in [1.165, 1.54) is 5.56 Å². The van der Waals surface area contributed by atoms with Crippen LogP contribution in [0.1, 0.15) is 15.9 Å². The molecule has 0 unspecified atom stereocenters. The molecule has 4 nitrogen and oxygen atoms in total. The summed E-state index contributed by atoms with van der Waals surface area (Å²) < 4.78 is 0.893. The van der Waals surface area contributed by atoms with Crippen LogP contribution in [0, 0.1) is 0 Å². The first kappa shape index (κ1) is 13.5. The first-order chi connectivity index (χ1) is 9.65. The zero-order valence-electron chi connectivity index (χ0n) is 11.5. The average Bonchev–Trinajstić information content (AvgIpc) is 2.84. The van der Waals surface area contributed by atoms with Crippen LogP contribution >= 0.6 is 11.3 Å². The molecule has 106 valence electrons. The molecule has 3 rings (SSSR count). The van der Waals surface area contributed by atoms with Gasteiger partial charge in [0.2, 0.25) is 0 Å². The number of likely N-dealkylation sites (N-methyl/N-ethyl adjacent to an activating group) is 1. The molecule has 0 aliphatic carbocycles. The number of carboxylic acid groups (broad SMARTS) is 1. The van der Waals surface area contributed by atoms with Crippen LogP contribution in [0.4, 0.5) is 0 Å². The third-order valence-electron chi connectivity index (χ3n) is 3.90. The third-order valence-corrected chi connectivity index (χ3v) is 4.98. The molecule has 1 aromatic heterocycles. The maximum absolute atomic E-state index is 11.2. The third kappa shape index (κ3) is 2.57. The molecule has 0 atom stereocenters. The summed E-state index contributed by atoms with van der Waals surface area (Å²) in [5.41, 5.74) is 1.66. The topological polar surface area (TPSA) is 43.8 Å². The molecular formula is C15H18N2O2S. The number of aromatic carboxylic acids is 1. The maximum Gasteiger partial charge on any atom is 0.337 e. The Morgan fingerprint density at radius 1 is 1.30 bits per heavy atom. The highest BCUT2D eigenvalue weighted by molar-refractivity contribution is 7.17. The number of carbonyl (C=O) groups is 1. The molecule has 0 spiro atoms. The molecule has 0 amide bonds. The number of hydrogen-bond acceptors (Lipinski definition) is 4. The summed E-state index contributed by atoms with van der Waals surface area (Å²) in [7, 11) is 2.15. The fourth-order valence-electron chi connectivity index (χ4n) is 2.65. The van der Waals surface area contributed by atoms with Gasteiger partial charge in [-0.3, -0.25) is 4.90 Å². The van der Waals surface area contributed by atoms with E-state index in [0.29, 0.717) is 5.56 Å². The monoisotopic (exact) mass is 290 g/mol. The Morgan fingerprint density at radius 3 is 2.75 bits per heavy atom. The highest BCUT2D eigenvalue weighted by Crippen LogP contribution is 2.30. The van der Waals surface area contributed by atoms with Gasteiger partial charge >= 0.3 is 5.97 Å². The van der Waals surface area contributed by atoms with E-state index in [2.05, 4.69) is 22.2 Å². The largest absolute Gasteiger partial charge is 0.478 e. The van der Waals surface area contributed by atoms with Crippen molar-refractivity contribution in [1.29, 1.82) is 0 Å². The fraction of sp³-hybridized carbons (Fsp3) is 0.400. The van der Waals surface area contributed by atoms with Crippen LogP contribution in [0.5, 0.6) is 0 Å². The van der Waals surface area contributed by atoms with Crippen molar-refractivity contribution in [3.05, 3.63) is 34.7 Å². The van der Waals surface area contributed by atoms with Crippen LogP contribution in [0.2, 0.25) is 0 Å². The fourth-order valence-corrected chi connectivity index (χ4v) is 3.72.